The third kappa shape index (κ3) is 3.94. The summed E-state index contributed by atoms with van der Waals surface area (Å²) in [4.78, 5) is 25.2. The van der Waals surface area contributed by atoms with E-state index in [2.05, 4.69) is 24.8 Å². The van der Waals surface area contributed by atoms with Gasteiger partial charge < -0.3 is 19.9 Å². The first kappa shape index (κ1) is 20.9. The van der Waals surface area contributed by atoms with Crippen LogP contribution >= 0.6 is 0 Å². The average Bonchev–Trinajstić information content (AvgIpc) is 3.41. The molecule has 3 aliphatic heterocycles. The highest BCUT2D eigenvalue weighted by atomic mass is 19.1. The molecule has 0 radical (unpaired) electrons. The number of rotatable bonds is 3. The van der Waals surface area contributed by atoms with Gasteiger partial charge in [-0.2, -0.15) is 0 Å². The molecule has 1 aromatic heterocycles. The monoisotopic (exact) mass is 444 g/mol. The quantitative estimate of drug-likeness (QED) is 0.789. The fourth-order valence-electron chi connectivity index (χ4n) is 4.47. The summed E-state index contributed by atoms with van der Waals surface area (Å²) in [6, 6.07) is 4.03. The number of alkyl halides is 1. The van der Waals surface area contributed by atoms with E-state index in [4.69, 9.17) is 4.74 Å². The Kier molecular flexibility index (Phi) is 5.54. The fourth-order valence-corrected chi connectivity index (χ4v) is 4.47. The maximum atomic E-state index is 14.8. The Hall–Kier alpha value is -3.01. The van der Waals surface area contributed by atoms with Crippen LogP contribution in [0.5, 0.6) is 0 Å². The predicted octanol–water partition coefficient (Wildman–Crippen LogP) is 3.21. The van der Waals surface area contributed by atoms with Gasteiger partial charge in [-0.25, -0.2) is 23.6 Å². The van der Waals surface area contributed by atoms with Crippen molar-refractivity contribution in [3.63, 3.8) is 0 Å². The lowest BCUT2D eigenvalue weighted by atomic mass is 9.96. The summed E-state index contributed by atoms with van der Waals surface area (Å²) < 4.78 is 35.7. The van der Waals surface area contributed by atoms with Crippen molar-refractivity contribution in [2.24, 2.45) is 10.9 Å². The molecule has 0 aliphatic carbocycles. The van der Waals surface area contributed by atoms with Gasteiger partial charge in [0.05, 0.1) is 31.7 Å². The Balaban J connectivity index is 1.40. The van der Waals surface area contributed by atoms with Gasteiger partial charge in [0.25, 0.3) is 0 Å². The van der Waals surface area contributed by atoms with E-state index >= 15 is 0 Å². The number of fused-ring (bicyclic) bond motifs is 1. The van der Waals surface area contributed by atoms with Gasteiger partial charge in [-0.1, -0.05) is 6.92 Å². The highest BCUT2D eigenvalue weighted by Gasteiger charge is 2.29. The van der Waals surface area contributed by atoms with Crippen molar-refractivity contribution in [1.29, 1.82) is 0 Å². The van der Waals surface area contributed by atoms with Gasteiger partial charge in [0, 0.05) is 43.3 Å². The van der Waals surface area contributed by atoms with Crippen LogP contribution in [0.4, 0.5) is 31.0 Å². The number of aliphatic imine (C=N–C) groups is 1. The number of ether oxygens (including phenoxy) is 1. The summed E-state index contributed by atoms with van der Waals surface area (Å²) >= 11 is 0. The molecule has 1 N–H and O–H groups in total. The van der Waals surface area contributed by atoms with Crippen LogP contribution in [0.15, 0.2) is 29.4 Å². The lowest BCUT2D eigenvalue weighted by molar-refractivity contribution is 0.122. The number of hydrogen-bond acceptors (Lipinski definition) is 5. The molecular formula is C22H26F2N6O2. The molecule has 2 atom stereocenters. The minimum absolute atomic E-state index is 0.0529. The number of amides is 2. The lowest BCUT2D eigenvalue weighted by Crippen LogP contribution is -2.38. The van der Waals surface area contributed by atoms with E-state index in [-0.39, 0.29) is 18.5 Å². The number of likely N-dealkylation sites (tertiary alicyclic amines) is 1. The van der Waals surface area contributed by atoms with Crippen molar-refractivity contribution in [3.05, 3.63) is 35.8 Å². The molecule has 1 aromatic carbocycles. The molecule has 4 heterocycles. The second-order valence-corrected chi connectivity index (χ2v) is 8.48. The number of halogens is 2. The van der Waals surface area contributed by atoms with E-state index in [9.17, 15) is 13.6 Å². The number of aromatic nitrogens is 2. The SMILES string of the molecule is CC1Cn2c(N3CCOCC3)cnc2N=C1c1cc(NC(=O)N2CC[C@@H](F)C2)ccc1F. The smallest absolute Gasteiger partial charge is 0.321 e. The number of nitrogens with zero attached hydrogens (tertiary/aromatic N) is 5. The summed E-state index contributed by atoms with van der Waals surface area (Å²) in [6.45, 7) is 6.04. The van der Waals surface area contributed by atoms with Crippen LogP contribution in [0, 0.1) is 11.7 Å². The van der Waals surface area contributed by atoms with Gasteiger partial charge in [-0.05, 0) is 24.6 Å². The van der Waals surface area contributed by atoms with Gasteiger partial charge in [-0.3, -0.25) is 4.57 Å². The topological polar surface area (TPSA) is 75.0 Å². The van der Waals surface area contributed by atoms with Crippen LogP contribution in [0.3, 0.4) is 0 Å². The number of morpholine rings is 1. The van der Waals surface area contributed by atoms with Crippen molar-refractivity contribution in [1.82, 2.24) is 14.5 Å². The molecule has 8 nitrogen and oxygen atoms in total. The fraction of sp³-hybridized carbons (Fsp3) is 0.500. The number of urea groups is 1. The van der Waals surface area contributed by atoms with Gasteiger partial charge in [0.15, 0.2) is 0 Å². The molecule has 2 amide bonds. The lowest BCUT2D eigenvalue weighted by Gasteiger charge is -2.31. The molecule has 170 valence electrons. The zero-order valence-electron chi connectivity index (χ0n) is 17.9. The van der Waals surface area contributed by atoms with E-state index in [1.807, 2.05) is 6.92 Å². The van der Waals surface area contributed by atoms with E-state index in [0.29, 0.717) is 55.6 Å². The third-order valence-corrected chi connectivity index (χ3v) is 6.20. The summed E-state index contributed by atoms with van der Waals surface area (Å²) in [5, 5.41) is 2.75. The first-order valence-electron chi connectivity index (χ1n) is 11.0. The van der Waals surface area contributed by atoms with Crippen molar-refractivity contribution < 1.29 is 18.3 Å². The minimum atomic E-state index is -0.993. The largest absolute Gasteiger partial charge is 0.378 e. The van der Waals surface area contributed by atoms with E-state index < -0.39 is 12.0 Å². The van der Waals surface area contributed by atoms with Crippen LogP contribution in [0.1, 0.15) is 18.9 Å². The molecule has 10 heteroatoms. The zero-order chi connectivity index (χ0) is 22.2. The molecule has 2 saturated heterocycles. The molecule has 0 saturated carbocycles. The van der Waals surface area contributed by atoms with Crippen LogP contribution in [-0.2, 0) is 11.3 Å². The summed E-state index contributed by atoms with van der Waals surface area (Å²) in [5.74, 6) is 1.07. The van der Waals surface area contributed by atoms with Crippen LogP contribution in [-0.4, -0.2) is 71.8 Å². The standard InChI is InChI=1S/C22H26F2N6O2/c1-14-12-30-19(28-6-8-32-9-7-28)11-25-21(30)27-20(14)17-10-16(2-3-18(17)24)26-22(31)29-5-4-15(23)13-29/h2-3,10-11,14-15H,4-9,12-13H2,1H3,(H,26,31)/t14?,15-/m1/s1. The molecule has 32 heavy (non-hydrogen) atoms. The number of benzene rings is 1. The van der Waals surface area contributed by atoms with Crippen molar-refractivity contribution in [2.45, 2.75) is 26.1 Å². The van der Waals surface area contributed by atoms with E-state index in [0.717, 1.165) is 18.9 Å². The Bertz CT molecular complexity index is 1050. The number of nitrogens with one attached hydrogen (secondary N) is 1. The Morgan fingerprint density at radius 3 is 2.78 bits per heavy atom. The van der Waals surface area contributed by atoms with Gasteiger partial charge in [0.1, 0.15) is 17.8 Å². The zero-order valence-corrected chi connectivity index (χ0v) is 17.9. The second-order valence-electron chi connectivity index (χ2n) is 8.48. The first-order chi connectivity index (χ1) is 15.5. The summed E-state index contributed by atoms with van der Waals surface area (Å²) in [7, 11) is 0. The Labute approximate surface area is 184 Å². The molecule has 0 bridgehead atoms. The molecule has 5 rings (SSSR count). The maximum absolute atomic E-state index is 14.8. The summed E-state index contributed by atoms with van der Waals surface area (Å²) in [5.41, 5.74) is 1.38. The highest BCUT2D eigenvalue weighted by Crippen LogP contribution is 2.32. The molecule has 1 unspecified atom stereocenters. The molecule has 2 fully saturated rings. The number of imidazole rings is 1. The van der Waals surface area contributed by atoms with Crippen LogP contribution in [0.2, 0.25) is 0 Å². The third-order valence-electron chi connectivity index (χ3n) is 6.20. The highest BCUT2D eigenvalue weighted by molar-refractivity contribution is 6.05. The van der Waals surface area contributed by atoms with E-state index in [1.165, 1.54) is 17.0 Å². The summed E-state index contributed by atoms with van der Waals surface area (Å²) in [6.07, 6.45) is 1.16. The predicted molar refractivity (Wildman–Crippen MR) is 117 cm³/mol. The van der Waals surface area contributed by atoms with Gasteiger partial charge >= 0.3 is 6.03 Å². The van der Waals surface area contributed by atoms with Gasteiger partial charge in [0.2, 0.25) is 5.95 Å². The Morgan fingerprint density at radius 2 is 2.03 bits per heavy atom. The number of carbonyl (C=O) groups is 1. The molecule has 2 aromatic rings. The van der Waals surface area contributed by atoms with Gasteiger partial charge in [-0.15, -0.1) is 0 Å². The van der Waals surface area contributed by atoms with Crippen LogP contribution in [0.25, 0.3) is 0 Å². The number of anilines is 2. The van der Waals surface area contributed by atoms with Crippen molar-refractivity contribution in [2.75, 3.05) is 49.6 Å². The van der Waals surface area contributed by atoms with E-state index in [1.54, 1.807) is 12.3 Å². The normalized spacial score (nSPS) is 23.2. The van der Waals surface area contributed by atoms with Crippen molar-refractivity contribution in [3.8, 4) is 0 Å². The second kappa shape index (κ2) is 8.50. The number of hydrogen-bond donors (Lipinski definition) is 1. The minimum Gasteiger partial charge on any atom is -0.378 e. The Morgan fingerprint density at radius 1 is 1.22 bits per heavy atom. The molecule has 0 spiro atoms. The van der Waals surface area contributed by atoms with Crippen LogP contribution < -0.4 is 10.2 Å². The molecule has 3 aliphatic rings. The maximum Gasteiger partial charge on any atom is 0.321 e. The van der Waals surface area contributed by atoms with Crippen molar-refractivity contribution >= 4 is 29.2 Å². The number of carbonyl (C=O) groups excluding carboxylic acids is 1. The first-order valence-corrected chi connectivity index (χ1v) is 11.0. The molecular weight excluding hydrogens is 418 g/mol. The average molecular weight is 444 g/mol.